The maximum absolute atomic E-state index is 10.9. The highest BCUT2D eigenvalue weighted by Crippen LogP contribution is 2.25. The van der Waals surface area contributed by atoms with Gasteiger partial charge in [0, 0.05) is 43.0 Å². The topological polar surface area (TPSA) is 73.0 Å². The Morgan fingerprint density at radius 2 is 2.19 bits per heavy atom. The van der Waals surface area contributed by atoms with Crippen molar-refractivity contribution in [2.24, 2.45) is 13.0 Å². The average molecular weight is 288 g/mol. The molecule has 0 bridgehead atoms. The molecule has 0 spiro atoms. The van der Waals surface area contributed by atoms with Gasteiger partial charge in [-0.2, -0.15) is 5.10 Å². The van der Waals surface area contributed by atoms with E-state index >= 15 is 0 Å². The second-order valence-electron chi connectivity index (χ2n) is 5.51. The quantitative estimate of drug-likeness (QED) is 0.655. The van der Waals surface area contributed by atoms with Crippen LogP contribution in [0.15, 0.2) is 30.5 Å². The van der Waals surface area contributed by atoms with Crippen molar-refractivity contribution in [3.8, 4) is 11.3 Å². The van der Waals surface area contributed by atoms with E-state index in [9.17, 15) is 10.1 Å². The van der Waals surface area contributed by atoms with Crippen LogP contribution in [-0.4, -0.2) is 21.2 Å². The largest absolute Gasteiger partial charge is 0.312 e. The third-order valence-corrected chi connectivity index (χ3v) is 3.10. The van der Waals surface area contributed by atoms with Crippen molar-refractivity contribution in [3.63, 3.8) is 0 Å². The minimum absolute atomic E-state index is 0.0826. The zero-order valence-corrected chi connectivity index (χ0v) is 12.5. The molecular formula is C15H20N4O2. The highest BCUT2D eigenvalue weighted by molar-refractivity contribution is 5.65. The monoisotopic (exact) mass is 288 g/mol. The van der Waals surface area contributed by atoms with E-state index in [1.54, 1.807) is 16.8 Å². The Labute approximate surface area is 123 Å². The van der Waals surface area contributed by atoms with Crippen LogP contribution >= 0.6 is 0 Å². The normalized spacial score (nSPS) is 11.0. The highest BCUT2D eigenvalue weighted by Gasteiger charge is 2.13. The van der Waals surface area contributed by atoms with Crippen molar-refractivity contribution >= 4 is 5.69 Å². The number of aryl methyl sites for hydroxylation is 1. The number of nitro groups is 1. The van der Waals surface area contributed by atoms with Gasteiger partial charge in [0.05, 0.1) is 10.6 Å². The Morgan fingerprint density at radius 3 is 2.86 bits per heavy atom. The number of nitrogens with zero attached hydrogens (tertiary/aromatic N) is 3. The lowest BCUT2D eigenvalue weighted by atomic mass is 10.1. The molecule has 0 fully saturated rings. The van der Waals surface area contributed by atoms with E-state index in [-0.39, 0.29) is 10.6 Å². The second-order valence-corrected chi connectivity index (χ2v) is 5.51. The molecule has 112 valence electrons. The molecule has 0 radical (unpaired) electrons. The number of rotatable bonds is 6. The van der Waals surface area contributed by atoms with Gasteiger partial charge in [0.1, 0.15) is 0 Å². The lowest BCUT2D eigenvalue weighted by molar-refractivity contribution is -0.384. The molecule has 0 aliphatic carbocycles. The van der Waals surface area contributed by atoms with Crippen molar-refractivity contribution in [3.05, 3.63) is 46.1 Å². The fraction of sp³-hybridized carbons (Fsp3) is 0.400. The molecule has 1 N–H and O–H groups in total. The molecule has 6 heteroatoms. The van der Waals surface area contributed by atoms with Gasteiger partial charge in [0.15, 0.2) is 0 Å². The van der Waals surface area contributed by atoms with Gasteiger partial charge in [-0.05, 0) is 12.5 Å². The van der Waals surface area contributed by atoms with E-state index in [0.29, 0.717) is 12.5 Å². The first-order valence-corrected chi connectivity index (χ1v) is 6.95. The average Bonchev–Trinajstić information content (AvgIpc) is 2.79. The van der Waals surface area contributed by atoms with E-state index in [1.165, 1.54) is 6.07 Å². The molecule has 0 atom stereocenters. The number of aromatic nitrogens is 2. The summed E-state index contributed by atoms with van der Waals surface area (Å²) in [7, 11) is 1.85. The number of non-ortho nitro benzene ring substituents is 1. The highest BCUT2D eigenvalue weighted by atomic mass is 16.6. The number of hydrogen-bond acceptors (Lipinski definition) is 4. The lowest BCUT2D eigenvalue weighted by Crippen LogP contribution is -2.19. The van der Waals surface area contributed by atoms with Crippen molar-refractivity contribution in [1.29, 1.82) is 0 Å². The minimum Gasteiger partial charge on any atom is -0.312 e. The molecule has 2 aromatic rings. The summed E-state index contributed by atoms with van der Waals surface area (Å²) in [6, 6.07) is 6.59. The summed E-state index contributed by atoms with van der Waals surface area (Å²) >= 11 is 0. The lowest BCUT2D eigenvalue weighted by Gasteiger charge is -2.07. The standard InChI is InChI=1S/C15H20N4O2/c1-11(2)8-16-9-13-10-18(3)17-15(13)12-5-4-6-14(7-12)19(20)21/h4-7,10-11,16H,8-9H2,1-3H3. The zero-order chi connectivity index (χ0) is 15.4. The third kappa shape index (κ3) is 3.88. The fourth-order valence-electron chi connectivity index (χ4n) is 2.17. The fourth-order valence-corrected chi connectivity index (χ4v) is 2.17. The predicted octanol–water partition coefficient (Wildman–Crippen LogP) is 2.74. The van der Waals surface area contributed by atoms with Crippen LogP contribution in [0.4, 0.5) is 5.69 Å². The molecule has 0 aliphatic rings. The summed E-state index contributed by atoms with van der Waals surface area (Å²) in [5, 5.41) is 18.7. The molecule has 21 heavy (non-hydrogen) atoms. The van der Waals surface area contributed by atoms with E-state index < -0.39 is 0 Å². The molecule has 2 rings (SSSR count). The van der Waals surface area contributed by atoms with Crippen LogP contribution in [0.1, 0.15) is 19.4 Å². The molecule has 6 nitrogen and oxygen atoms in total. The van der Waals surface area contributed by atoms with Gasteiger partial charge >= 0.3 is 0 Å². The van der Waals surface area contributed by atoms with Gasteiger partial charge in [-0.1, -0.05) is 26.0 Å². The molecular weight excluding hydrogens is 268 g/mol. The Balaban J connectivity index is 2.26. The molecule has 0 amide bonds. The van der Waals surface area contributed by atoms with E-state index in [4.69, 9.17) is 0 Å². The summed E-state index contributed by atoms with van der Waals surface area (Å²) in [5.41, 5.74) is 2.68. The van der Waals surface area contributed by atoms with Gasteiger partial charge in [-0.25, -0.2) is 0 Å². The smallest absolute Gasteiger partial charge is 0.270 e. The summed E-state index contributed by atoms with van der Waals surface area (Å²) in [6.45, 7) is 5.92. The third-order valence-electron chi connectivity index (χ3n) is 3.10. The molecule has 1 heterocycles. The van der Waals surface area contributed by atoms with Crippen molar-refractivity contribution in [2.45, 2.75) is 20.4 Å². The van der Waals surface area contributed by atoms with Crippen LogP contribution in [0.2, 0.25) is 0 Å². The van der Waals surface area contributed by atoms with E-state index in [0.717, 1.165) is 23.4 Å². The zero-order valence-electron chi connectivity index (χ0n) is 12.5. The Morgan fingerprint density at radius 1 is 1.43 bits per heavy atom. The number of hydrogen-bond donors (Lipinski definition) is 1. The van der Waals surface area contributed by atoms with Crippen LogP contribution in [0.5, 0.6) is 0 Å². The van der Waals surface area contributed by atoms with Crippen LogP contribution in [0.3, 0.4) is 0 Å². The molecule has 0 aliphatic heterocycles. The number of benzene rings is 1. The maximum Gasteiger partial charge on any atom is 0.270 e. The Hall–Kier alpha value is -2.21. The summed E-state index contributed by atoms with van der Waals surface area (Å²) in [4.78, 5) is 10.5. The molecule has 1 aromatic heterocycles. The van der Waals surface area contributed by atoms with Crippen LogP contribution < -0.4 is 5.32 Å². The van der Waals surface area contributed by atoms with Crippen molar-refractivity contribution < 1.29 is 4.92 Å². The van der Waals surface area contributed by atoms with Gasteiger partial charge in [-0.3, -0.25) is 14.8 Å². The summed E-state index contributed by atoms with van der Waals surface area (Å²) in [6.07, 6.45) is 1.95. The first-order chi connectivity index (χ1) is 9.97. The van der Waals surface area contributed by atoms with Crippen molar-refractivity contribution in [1.82, 2.24) is 15.1 Å². The van der Waals surface area contributed by atoms with E-state index in [2.05, 4.69) is 24.3 Å². The van der Waals surface area contributed by atoms with E-state index in [1.807, 2.05) is 19.3 Å². The van der Waals surface area contributed by atoms with Crippen molar-refractivity contribution in [2.75, 3.05) is 6.54 Å². The molecule has 0 unspecified atom stereocenters. The molecule has 0 saturated carbocycles. The van der Waals surface area contributed by atoms with Crippen LogP contribution in [0, 0.1) is 16.0 Å². The van der Waals surface area contributed by atoms with Gasteiger partial charge in [-0.15, -0.1) is 0 Å². The Kier molecular flexibility index (Phi) is 4.70. The predicted molar refractivity (Wildman–Crippen MR) is 81.8 cm³/mol. The second kappa shape index (κ2) is 6.49. The molecule has 0 saturated heterocycles. The number of nitro benzene ring substituents is 1. The van der Waals surface area contributed by atoms with Gasteiger partial charge < -0.3 is 5.32 Å². The summed E-state index contributed by atoms with van der Waals surface area (Å²) < 4.78 is 1.74. The molecule has 1 aromatic carbocycles. The number of nitrogens with one attached hydrogen (secondary N) is 1. The van der Waals surface area contributed by atoms with Gasteiger partial charge in [0.2, 0.25) is 0 Å². The van der Waals surface area contributed by atoms with Gasteiger partial charge in [0.25, 0.3) is 5.69 Å². The summed E-state index contributed by atoms with van der Waals surface area (Å²) in [5.74, 6) is 0.572. The first-order valence-electron chi connectivity index (χ1n) is 6.95. The van der Waals surface area contributed by atoms with Crippen LogP contribution in [-0.2, 0) is 13.6 Å². The first kappa shape index (κ1) is 15.2. The minimum atomic E-state index is -0.386. The Bertz CT molecular complexity index is 634. The maximum atomic E-state index is 10.9. The SMILES string of the molecule is CC(C)CNCc1cn(C)nc1-c1cccc([N+](=O)[O-])c1. The van der Waals surface area contributed by atoms with Crippen LogP contribution in [0.25, 0.3) is 11.3 Å².